The van der Waals surface area contributed by atoms with E-state index in [1.807, 2.05) is 0 Å². The Balaban J connectivity index is 2.11. The van der Waals surface area contributed by atoms with Gasteiger partial charge < -0.3 is 5.32 Å². The van der Waals surface area contributed by atoms with Crippen molar-refractivity contribution in [1.82, 2.24) is 0 Å². The van der Waals surface area contributed by atoms with Crippen LogP contribution in [-0.2, 0) is 11.2 Å². The highest BCUT2D eigenvalue weighted by Gasteiger charge is 2.25. The molecule has 21 heavy (non-hydrogen) atoms. The summed E-state index contributed by atoms with van der Waals surface area (Å²) in [5, 5.41) is 2.62. The molecule has 0 spiro atoms. The van der Waals surface area contributed by atoms with Crippen LogP contribution in [0.25, 0.3) is 0 Å². The number of ketones is 1. The Morgan fingerprint density at radius 3 is 2.52 bits per heavy atom. The standard InChI is InChI=1S/C15H8ClF2NO2/c16-9-6-12-7(5-13(20)19-12)4-8(9)15(21)14-10(17)2-1-3-11(14)18/h1-4,6H,5H2,(H,19,20). The topological polar surface area (TPSA) is 46.2 Å². The second-order valence-corrected chi connectivity index (χ2v) is 5.05. The van der Waals surface area contributed by atoms with Crippen LogP contribution in [0.5, 0.6) is 0 Å². The number of rotatable bonds is 2. The molecule has 2 aromatic rings. The van der Waals surface area contributed by atoms with Crippen molar-refractivity contribution >= 4 is 29.0 Å². The van der Waals surface area contributed by atoms with Gasteiger partial charge in [-0.3, -0.25) is 9.59 Å². The van der Waals surface area contributed by atoms with Gasteiger partial charge in [-0.1, -0.05) is 17.7 Å². The fraction of sp³-hybridized carbons (Fsp3) is 0.0667. The first-order valence-corrected chi connectivity index (χ1v) is 6.46. The monoisotopic (exact) mass is 307 g/mol. The highest BCUT2D eigenvalue weighted by Crippen LogP contribution is 2.31. The van der Waals surface area contributed by atoms with Crippen LogP contribution in [0.1, 0.15) is 21.5 Å². The van der Waals surface area contributed by atoms with Crippen molar-refractivity contribution in [2.45, 2.75) is 6.42 Å². The number of benzene rings is 2. The van der Waals surface area contributed by atoms with Gasteiger partial charge in [-0.05, 0) is 29.8 Å². The van der Waals surface area contributed by atoms with Crippen molar-refractivity contribution in [3.05, 3.63) is 63.7 Å². The minimum Gasteiger partial charge on any atom is -0.325 e. The molecule has 0 aromatic heterocycles. The van der Waals surface area contributed by atoms with Gasteiger partial charge in [0.05, 0.1) is 17.0 Å². The van der Waals surface area contributed by atoms with Crippen molar-refractivity contribution in [3.8, 4) is 0 Å². The second kappa shape index (κ2) is 4.93. The van der Waals surface area contributed by atoms with Gasteiger partial charge in [-0.2, -0.15) is 0 Å². The molecule has 106 valence electrons. The summed E-state index contributed by atoms with van der Waals surface area (Å²) in [4.78, 5) is 23.6. The molecule has 3 nitrogen and oxygen atoms in total. The molecule has 0 radical (unpaired) electrons. The zero-order valence-corrected chi connectivity index (χ0v) is 11.3. The minimum atomic E-state index is -0.953. The Morgan fingerprint density at radius 2 is 1.86 bits per heavy atom. The van der Waals surface area contributed by atoms with Gasteiger partial charge in [-0.15, -0.1) is 0 Å². The summed E-state index contributed by atoms with van der Waals surface area (Å²) in [6.45, 7) is 0. The zero-order valence-electron chi connectivity index (χ0n) is 10.5. The van der Waals surface area contributed by atoms with Gasteiger partial charge in [-0.25, -0.2) is 8.78 Å². The fourth-order valence-electron chi connectivity index (χ4n) is 2.27. The van der Waals surface area contributed by atoms with E-state index in [0.29, 0.717) is 11.3 Å². The van der Waals surface area contributed by atoms with Crippen LogP contribution in [-0.4, -0.2) is 11.7 Å². The smallest absolute Gasteiger partial charge is 0.228 e. The molecule has 0 unspecified atom stereocenters. The normalized spacial score (nSPS) is 13.0. The van der Waals surface area contributed by atoms with Crippen LogP contribution >= 0.6 is 11.6 Å². The van der Waals surface area contributed by atoms with E-state index in [9.17, 15) is 18.4 Å². The first-order valence-electron chi connectivity index (χ1n) is 6.08. The molecule has 3 rings (SSSR count). The third-order valence-electron chi connectivity index (χ3n) is 3.25. The zero-order chi connectivity index (χ0) is 15.1. The van der Waals surface area contributed by atoms with Gasteiger partial charge in [0.15, 0.2) is 5.78 Å². The molecule has 1 aliphatic heterocycles. The van der Waals surface area contributed by atoms with Gasteiger partial charge in [0.2, 0.25) is 5.91 Å². The number of amides is 1. The molecule has 1 N–H and O–H groups in total. The maximum atomic E-state index is 13.7. The molecule has 1 aliphatic rings. The molecule has 0 saturated heterocycles. The van der Waals surface area contributed by atoms with Crippen LogP contribution in [0, 0.1) is 11.6 Å². The molecule has 0 atom stereocenters. The van der Waals surface area contributed by atoms with Crippen molar-refractivity contribution < 1.29 is 18.4 Å². The van der Waals surface area contributed by atoms with E-state index < -0.39 is 23.0 Å². The molecule has 0 fully saturated rings. The van der Waals surface area contributed by atoms with Crippen molar-refractivity contribution in [3.63, 3.8) is 0 Å². The van der Waals surface area contributed by atoms with Gasteiger partial charge >= 0.3 is 0 Å². The Hall–Kier alpha value is -2.27. The molecule has 1 amide bonds. The first kappa shape index (κ1) is 13.7. The highest BCUT2D eigenvalue weighted by atomic mass is 35.5. The van der Waals surface area contributed by atoms with Crippen molar-refractivity contribution in [1.29, 1.82) is 0 Å². The Morgan fingerprint density at radius 1 is 1.19 bits per heavy atom. The van der Waals surface area contributed by atoms with Crippen molar-refractivity contribution in [2.24, 2.45) is 0 Å². The van der Waals surface area contributed by atoms with Gasteiger partial charge in [0.1, 0.15) is 11.6 Å². The lowest BCUT2D eigenvalue weighted by Crippen LogP contribution is -2.08. The van der Waals surface area contributed by atoms with E-state index in [4.69, 9.17) is 11.6 Å². The summed E-state index contributed by atoms with van der Waals surface area (Å²) in [5.41, 5.74) is 0.396. The predicted molar refractivity (Wildman–Crippen MR) is 73.6 cm³/mol. The number of halogens is 3. The third kappa shape index (κ3) is 2.29. The number of anilines is 1. The quantitative estimate of drug-likeness (QED) is 0.865. The lowest BCUT2D eigenvalue weighted by Gasteiger charge is -2.08. The molecule has 6 heteroatoms. The lowest BCUT2D eigenvalue weighted by atomic mass is 9.99. The maximum Gasteiger partial charge on any atom is 0.228 e. The van der Waals surface area contributed by atoms with E-state index in [-0.39, 0.29) is 22.9 Å². The summed E-state index contributed by atoms with van der Waals surface area (Å²) < 4.78 is 27.4. The number of hydrogen-bond acceptors (Lipinski definition) is 2. The van der Waals surface area contributed by atoms with Gasteiger partial charge in [0, 0.05) is 11.3 Å². The predicted octanol–water partition coefficient (Wildman–Crippen LogP) is 3.34. The van der Waals surface area contributed by atoms with E-state index >= 15 is 0 Å². The summed E-state index contributed by atoms with van der Waals surface area (Å²) in [6.07, 6.45) is 0.104. The van der Waals surface area contributed by atoms with Gasteiger partial charge in [0.25, 0.3) is 0 Å². The molecule has 2 aromatic carbocycles. The number of hydrogen-bond donors (Lipinski definition) is 1. The van der Waals surface area contributed by atoms with Crippen LogP contribution in [0.2, 0.25) is 5.02 Å². The molecule has 0 aliphatic carbocycles. The summed E-state index contributed by atoms with van der Waals surface area (Å²) in [7, 11) is 0. The van der Waals surface area contributed by atoms with E-state index in [2.05, 4.69) is 5.32 Å². The summed E-state index contributed by atoms with van der Waals surface area (Å²) in [5.74, 6) is -2.97. The van der Waals surface area contributed by atoms with Crippen molar-refractivity contribution in [2.75, 3.05) is 5.32 Å². The van der Waals surface area contributed by atoms with E-state index in [1.165, 1.54) is 18.2 Å². The number of nitrogens with one attached hydrogen (secondary N) is 1. The second-order valence-electron chi connectivity index (χ2n) is 4.64. The summed E-state index contributed by atoms with van der Waals surface area (Å²) >= 11 is 5.99. The lowest BCUT2D eigenvalue weighted by molar-refractivity contribution is -0.115. The van der Waals surface area contributed by atoms with E-state index in [1.54, 1.807) is 0 Å². The molecular formula is C15H8ClF2NO2. The Labute approximate surface area is 123 Å². The fourth-order valence-corrected chi connectivity index (χ4v) is 2.52. The van der Waals surface area contributed by atoms with Crippen LogP contribution in [0.4, 0.5) is 14.5 Å². The van der Waals surface area contributed by atoms with Crippen LogP contribution in [0.3, 0.4) is 0 Å². The highest BCUT2D eigenvalue weighted by molar-refractivity contribution is 6.35. The Kier molecular flexibility index (Phi) is 3.22. The van der Waals surface area contributed by atoms with Crippen LogP contribution < -0.4 is 5.32 Å². The third-order valence-corrected chi connectivity index (χ3v) is 3.57. The SMILES string of the molecule is O=C1Cc2cc(C(=O)c3c(F)cccc3F)c(Cl)cc2N1. The number of carbonyl (C=O) groups is 2. The number of fused-ring (bicyclic) bond motifs is 1. The minimum absolute atomic E-state index is 0.0311. The summed E-state index contributed by atoms with van der Waals surface area (Å²) in [6, 6.07) is 5.98. The van der Waals surface area contributed by atoms with Crippen LogP contribution in [0.15, 0.2) is 30.3 Å². The molecule has 0 bridgehead atoms. The Bertz CT molecular complexity index is 769. The molecule has 0 saturated carbocycles. The maximum absolute atomic E-state index is 13.7. The largest absolute Gasteiger partial charge is 0.325 e. The molecular weight excluding hydrogens is 300 g/mol. The van der Waals surface area contributed by atoms with E-state index in [0.717, 1.165) is 12.1 Å². The molecule has 1 heterocycles. The number of carbonyl (C=O) groups excluding carboxylic acids is 2. The first-order chi connectivity index (χ1) is 9.97. The average Bonchev–Trinajstić information content (AvgIpc) is 2.76. The average molecular weight is 308 g/mol.